The van der Waals surface area contributed by atoms with E-state index in [2.05, 4.69) is 55.3 Å². The van der Waals surface area contributed by atoms with E-state index in [0.717, 1.165) is 11.1 Å². The maximum atomic E-state index is 15.8. The summed E-state index contributed by atoms with van der Waals surface area (Å²) in [6.07, 6.45) is 1.62. The van der Waals surface area contributed by atoms with E-state index < -0.39 is 28.4 Å². The van der Waals surface area contributed by atoms with Gasteiger partial charge in [0.25, 0.3) is 0 Å². The highest BCUT2D eigenvalue weighted by Crippen LogP contribution is 2.57. The van der Waals surface area contributed by atoms with Gasteiger partial charge in [0.2, 0.25) is 5.95 Å². The lowest BCUT2D eigenvalue weighted by molar-refractivity contribution is -0.0243. The fourth-order valence-corrected chi connectivity index (χ4v) is 7.82. The number of methoxy groups -OCH3 is 1. The van der Waals surface area contributed by atoms with Gasteiger partial charge in [-0.05, 0) is 59.9 Å². The van der Waals surface area contributed by atoms with Crippen LogP contribution in [-0.4, -0.2) is 39.3 Å². The number of ether oxygens (including phenoxy) is 1. The van der Waals surface area contributed by atoms with E-state index in [4.69, 9.17) is 14.1 Å². The van der Waals surface area contributed by atoms with E-state index in [9.17, 15) is 4.39 Å². The Morgan fingerprint density at radius 2 is 1.47 bits per heavy atom. The molecule has 0 saturated heterocycles. The molecule has 2 heterocycles. The molecule has 2 amide bonds. The van der Waals surface area contributed by atoms with Crippen molar-refractivity contribution in [2.24, 2.45) is 5.41 Å². The van der Waals surface area contributed by atoms with E-state index in [0.29, 0.717) is 22.8 Å². The third-order valence-electron chi connectivity index (χ3n) is 9.41. The van der Waals surface area contributed by atoms with Crippen molar-refractivity contribution in [3.63, 3.8) is 0 Å². The first-order valence-electron chi connectivity index (χ1n) is 15.9. The molecule has 0 bridgehead atoms. The van der Waals surface area contributed by atoms with Crippen LogP contribution in [0.3, 0.4) is 0 Å². The lowest BCUT2D eigenvalue weighted by Crippen LogP contribution is -2.71. The predicted octanol–water partition coefficient (Wildman–Crippen LogP) is 7.50. The number of urea groups is 1. The quantitative estimate of drug-likeness (QED) is 0.163. The molecule has 1 unspecified atom stereocenters. The number of aromatic nitrogens is 2. The zero-order valence-corrected chi connectivity index (χ0v) is 30.4. The van der Waals surface area contributed by atoms with E-state index in [1.165, 1.54) is 36.3 Å². The first kappa shape index (κ1) is 33.8. The summed E-state index contributed by atoms with van der Waals surface area (Å²) in [5.74, 6) is -0.152. The minimum atomic E-state index is -1.44. The van der Waals surface area contributed by atoms with Gasteiger partial charge >= 0.3 is 6.03 Å². The Bertz CT molecular complexity index is 1920. The third kappa shape index (κ3) is 5.72. The van der Waals surface area contributed by atoms with Crippen molar-refractivity contribution in [3.8, 4) is 5.75 Å². The zero-order chi connectivity index (χ0) is 35.0. The molecule has 11 heteroatoms. The van der Waals surface area contributed by atoms with E-state index in [1.54, 1.807) is 29.3 Å². The number of halogens is 2. The molecule has 6 rings (SSSR count). The third-order valence-corrected chi connectivity index (χ3v) is 10.2. The molecule has 252 valence electrons. The predicted molar refractivity (Wildman–Crippen MR) is 191 cm³/mol. The average molecular weight is 680 g/mol. The molecule has 1 N–H and O–H groups in total. The Hall–Kier alpha value is -5.13. The van der Waals surface area contributed by atoms with Gasteiger partial charge in [-0.15, -0.1) is 0 Å². The van der Waals surface area contributed by atoms with Crippen LogP contribution in [0.1, 0.15) is 44.4 Å². The second-order valence-electron chi connectivity index (χ2n) is 13.1. The molecule has 0 radical (unpaired) electrons. The molecule has 0 spiro atoms. The largest absolute Gasteiger partial charge is 0.497 e. The topological polar surface area (TPSA) is 79.8 Å². The van der Waals surface area contributed by atoms with Crippen LogP contribution in [0.2, 0.25) is 0 Å². The summed E-state index contributed by atoms with van der Waals surface area (Å²) in [4.78, 5) is 27.6. The van der Waals surface area contributed by atoms with Crippen molar-refractivity contribution in [1.82, 2.24) is 9.97 Å². The lowest BCUT2D eigenvalue weighted by Gasteiger charge is -2.60. The molecule has 49 heavy (non-hydrogen) atoms. The summed E-state index contributed by atoms with van der Waals surface area (Å²) in [7, 11) is 1.68. The Morgan fingerprint density at radius 1 is 0.857 bits per heavy atom. The van der Waals surface area contributed by atoms with Gasteiger partial charge in [0, 0.05) is 23.5 Å². The van der Waals surface area contributed by atoms with Gasteiger partial charge in [0.1, 0.15) is 27.9 Å². The molecule has 0 fully saturated rings. The molecule has 1 atom stereocenters. The van der Waals surface area contributed by atoms with E-state index in [-0.39, 0.29) is 34.5 Å². The van der Waals surface area contributed by atoms with Crippen molar-refractivity contribution < 1.29 is 22.7 Å². The molecule has 1 aliphatic heterocycles. The number of anilines is 4. The Kier molecular flexibility index (Phi) is 8.99. The van der Waals surface area contributed by atoms with E-state index in [1.807, 2.05) is 43.3 Å². The first-order valence-corrected chi connectivity index (χ1v) is 16.8. The van der Waals surface area contributed by atoms with Gasteiger partial charge in [-0.25, -0.2) is 23.5 Å². The Morgan fingerprint density at radius 3 is 2.00 bits per heavy atom. The average Bonchev–Trinajstić information content (AvgIpc) is 3.09. The maximum Gasteiger partial charge on any atom is 0.332 e. The van der Waals surface area contributed by atoms with Gasteiger partial charge in [0.05, 0.1) is 24.8 Å². The van der Waals surface area contributed by atoms with Crippen molar-refractivity contribution in [2.75, 3.05) is 22.2 Å². The number of nitrogens with one attached hydrogen (secondary N) is 1. The zero-order valence-electron chi connectivity index (χ0n) is 28.4. The summed E-state index contributed by atoms with van der Waals surface area (Å²) in [6.45, 7) is 8.30. The van der Waals surface area contributed by atoms with Crippen molar-refractivity contribution in [1.29, 1.82) is 0 Å². The number of carbonyl (C=O) groups excluding carboxylic acids is 1. The summed E-state index contributed by atoms with van der Waals surface area (Å²) in [6, 6.07) is 29.7. The van der Waals surface area contributed by atoms with Crippen LogP contribution in [0.4, 0.5) is 36.7 Å². The second-order valence-corrected chi connectivity index (χ2v) is 13.5. The summed E-state index contributed by atoms with van der Waals surface area (Å²) >= 11 is 0. The molecule has 5 aromatic rings. The minimum Gasteiger partial charge on any atom is -0.497 e. The van der Waals surface area contributed by atoms with Crippen molar-refractivity contribution in [3.05, 3.63) is 138 Å². The lowest BCUT2D eigenvalue weighted by atomic mass is 9.53. The van der Waals surface area contributed by atoms with Crippen LogP contribution in [0.15, 0.2) is 109 Å². The first-order chi connectivity index (χ1) is 23.4. The number of benzene rings is 4. The van der Waals surface area contributed by atoms with Gasteiger partial charge < -0.3 is 14.5 Å². The molecule has 0 saturated carbocycles. The van der Waals surface area contributed by atoms with Crippen LogP contribution in [0.5, 0.6) is 5.75 Å². The molecule has 4 aromatic carbocycles. The highest BCUT2D eigenvalue weighted by atomic mass is 28.2. The number of hydrogen-bond acceptors (Lipinski definition) is 6. The van der Waals surface area contributed by atoms with Crippen LogP contribution < -0.4 is 19.9 Å². The highest BCUT2D eigenvalue weighted by Gasteiger charge is 2.63. The van der Waals surface area contributed by atoms with Crippen LogP contribution in [0.25, 0.3) is 0 Å². The number of rotatable bonds is 9. The van der Waals surface area contributed by atoms with E-state index >= 15 is 9.18 Å². The van der Waals surface area contributed by atoms with Crippen molar-refractivity contribution in [2.45, 2.75) is 45.4 Å². The normalized spacial score (nSPS) is 14.7. The summed E-state index contributed by atoms with van der Waals surface area (Å²) in [5.41, 5.74) is 0.0473. The molecule has 1 aromatic heterocycles. The fourth-order valence-electron chi connectivity index (χ4n) is 7.33. The Balaban J connectivity index is 1.64. The molecular weight excluding hydrogens is 641 g/mol. The van der Waals surface area contributed by atoms with Gasteiger partial charge in [0.15, 0.2) is 11.5 Å². The SMILES string of the molecule is COc1ccc(N2Cc3cnc(Nc4ccc(F)cc4)nc3N(C(C)(O[SiH3])C(c3ccccc3)(c3ccccc3)C(C)(C)C)C2=O)c(F)c1. The van der Waals surface area contributed by atoms with Gasteiger partial charge in [-0.3, -0.25) is 4.90 Å². The maximum absolute atomic E-state index is 15.8. The molecular formula is C38H39F2N5O3Si. The standard InChI is InChI=1S/C38H39F2N5O3Si/c1-36(2,3)38(26-12-8-6-9-13-26,27-14-10-7-11-15-27)37(4,48-49)45-33-25(23-41-34(43-33)42-29-18-16-28(39)17-19-29)24-44(35(45)46)32-21-20-30(47-5)22-31(32)40/h6-23H,24H2,1-5,49H3,(H,41,42,43). The van der Waals surface area contributed by atoms with Crippen LogP contribution in [0, 0.1) is 17.0 Å². The fraction of sp³-hybridized carbons (Fsp3) is 0.237. The number of fused-ring (bicyclic) bond motifs is 1. The van der Waals surface area contributed by atoms with Gasteiger partial charge in [-0.2, -0.15) is 4.98 Å². The number of amides is 2. The molecule has 8 nitrogen and oxygen atoms in total. The summed E-state index contributed by atoms with van der Waals surface area (Å²) in [5, 5.41) is 3.14. The number of carbonyl (C=O) groups is 1. The molecule has 0 aliphatic carbocycles. The second kappa shape index (κ2) is 13.1. The van der Waals surface area contributed by atoms with Crippen LogP contribution in [-0.2, 0) is 16.4 Å². The van der Waals surface area contributed by atoms with Crippen LogP contribution >= 0.6 is 0 Å². The van der Waals surface area contributed by atoms with Gasteiger partial charge in [-0.1, -0.05) is 81.4 Å². The molecule has 1 aliphatic rings. The monoisotopic (exact) mass is 679 g/mol. The highest BCUT2D eigenvalue weighted by molar-refractivity contribution is 6.08. The number of nitrogens with zero attached hydrogens (tertiary/aromatic N) is 4. The number of hydrogen-bond donors (Lipinski definition) is 1. The minimum absolute atomic E-state index is 0.00115. The van der Waals surface area contributed by atoms with Crippen molar-refractivity contribution >= 4 is 39.7 Å². The Labute approximate surface area is 288 Å². The summed E-state index contributed by atoms with van der Waals surface area (Å²) < 4.78 is 41.5. The smallest absolute Gasteiger partial charge is 0.332 e.